The van der Waals surface area contributed by atoms with Crippen LogP contribution in [0.15, 0.2) is 42.5 Å². The molecule has 3 heteroatoms. The second-order valence-corrected chi connectivity index (χ2v) is 4.38. The van der Waals surface area contributed by atoms with Crippen molar-refractivity contribution in [3.05, 3.63) is 53.6 Å². The summed E-state index contributed by atoms with van der Waals surface area (Å²) < 4.78 is 11.1. The van der Waals surface area contributed by atoms with Crippen LogP contribution in [0.3, 0.4) is 0 Å². The van der Waals surface area contributed by atoms with Crippen molar-refractivity contribution in [2.75, 3.05) is 13.7 Å². The van der Waals surface area contributed by atoms with E-state index in [1.165, 1.54) is 11.1 Å². The van der Waals surface area contributed by atoms with Gasteiger partial charge in [-0.2, -0.15) is 0 Å². The minimum absolute atomic E-state index is 0.660. The highest BCUT2D eigenvalue weighted by atomic mass is 16.5. The summed E-state index contributed by atoms with van der Waals surface area (Å²) in [5.74, 6) is 2.25. The molecule has 0 amide bonds. The number of aryl methyl sites for hydroxylation is 1. The first kappa shape index (κ1) is 13.4. The van der Waals surface area contributed by atoms with Crippen molar-refractivity contribution >= 4 is 0 Å². The average Bonchev–Trinajstić information content (AvgIpc) is 2.43. The summed E-state index contributed by atoms with van der Waals surface area (Å²) in [7, 11) is 1.64. The zero-order chi connectivity index (χ0) is 13.7. The standard InChI is InChI=1S/C16H19NO2/c1-12-11-14(8-7-13(12)9-10-17)19-16-6-4-3-5-15(16)18-2/h3-8,11H,9-10,17H2,1-2H3. The number of methoxy groups -OCH3 is 1. The lowest BCUT2D eigenvalue weighted by Crippen LogP contribution is -2.04. The van der Waals surface area contributed by atoms with Gasteiger partial charge in [0.05, 0.1) is 7.11 Å². The number of hydrogen-bond donors (Lipinski definition) is 1. The van der Waals surface area contributed by atoms with Crippen LogP contribution < -0.4 is 15.2 Å². The molecule has 0 aromatic heterocycles. The van der Waals surface area contributed by atoms with Crippen LogP contribution in [0.4, 0.5) is 0 Å². The van der Waals surface area contributed by atoms with E-state index < -0.39 is 0 Å². The number of rotatable bonds is 5. The Morgan fingerprint density at radius 1 is 1.05 bits per heavy atom. The average molecular weight is 257 g/mol. The maximum Gasteiger partial charge on any atom is 0.169 e. The maximum atomic E-state index is 5.86. The summed E-state index contributed by atoms with van der Waals surface area (Å²) in [6, 6.07) is 13.7. The molecule has 2 N–H and O–H groups in total. The quantitative estimate of drug-likeness (QED) is 0.893. The summed E-state index contributed by atoms with van der Waals surface area (Å²) in [5, 5.41) is 0. The van der Waals surface area contributed by atoms with E-state index in [1.54, 1.807) is 7.11 Å². The van der Waals surface area contributed by atoms with E-state index in [4.69, 9.17) is 15.2 Å². The van der Waals surface area contributed by atoms with Crippen molar-refractivity contribution in [3.63, 3.8) is 0 Å². The topological polar surface area (TPSA) is 44.5 Å². The molecule has 2 aromatic carbocycles. The van der Waals surface area contributed by atoms with E-state index >= 15 is 0 Å². The van der Waals surface area contributed by atoms with Gasteiger partial charge in [-0.25, -0.2) is 0 Å². The van der Waals surface area contributed by atoms with E-state index in [1.807, 2.05) is 36.4 Å². The van der Waals surface area contributed by atoms with E-state index in [0.717, 1.165) is 23.7 Å². The Hall–Kier alpha value is -2.00. The zero-order valence-corrected chi connectivity index (χ0v) is 11.3. The summed E-state index contributed by atoms with van der Waals surface area (Å²) in [4.78, 5) is 0. The van der Waals surface area contributed by atoms with E-state index in [-0.39, 0.29) is 0 Å². The van der Waals surface area contributed by atoms with Crippen LogP contribution in [-0.4, -0.2) is 13.7 Å². The van der Waals surface area contributed by atoms with Gasteiger partial charge in [0.2, 0.25) is 0 Å². The molecule has 100 valence electrons. The van der Waals surface area contributed by atoms with Gasteiger partial charge in [0.25, 0.3) is 0 Å². The molecule has 0 saturated heterocycles. The SMILES string of the molecule is COc1ccccc1Oc1ccc(CCN)c(C)c1. The van der Waals surface area contributed by atoms with Crippen molar-refractivity contribution in [1.29, 1.82) is 0 Å². The highest BCUT2D eigenvalue weighted by Crippen LogP contribution is 2.31. The van der Waals surface area contributed by atoms with Gasteiger partial charge in [0.15, 0.2) is 11.5 Å². The third-order valence-electron chi connectivity index (χ3n) is 3.02. The molecule has 0 bridgehead atoms. The molecule has 0 aliphatic carbocycles. The molecule has 0 radical (unpaired) electrons. The summed E-state index contributed by atoms with van der Waals surface area (Å²) >= 11 is 0. The van der Waals surface area contributed by atoms with Gasteiger partial charge in [-0.05, 0) is 55.3 Å². The summed E-state index contributed by atoms with van der Waals surface area (Å²) in [5.41, 5.74) is 8.03. The van der Waals surface area contributed by atoms with Crippen LogP contribution in [0.2, 0.25) is 0 Å². The predicted octanol–water partition coefficient (Wildman–Crippen LogP) is 3.30. The Morgan fingerprint density at radius 2 is 1.79 bits per heavy atom. The zero-order valence-electron chi connectivity index (χ0n) is 11.3. The molecule has 0 heterocycles. The number of ether oxygens (including phenoxy) is 2. The van der Waals surface area contributed by atoms with Gasteiger partial charge in [0.1, 0.15) is 5.75 Å². The largest absolute Gasteiger partial charge is 0.493 e. The Labute approximate surface area is 114 Å². The van der Waals surface area contributed by atoms with Crippen molar-refractivity contribution in [2.45, 2.75) is 13.3 Å². The minimum Gasteiger partial charge on any atom is -0.493 e. The lowest BCUT2D eigenvalue weighted by atomic mass is 10.1. The highest BCUT2D eigenvalue weighted by molar-refractivity contribution is 5.44. The second-order valence-electron chi connectivity index (χ2n) is 4.38. The van der Waals surface area contributed by atoms with Crippen LogP contribution >= 0.6 is 0 Å². The van der Waals surface area contributed by atoms with E-state index in [0.29, 0.717) is 6.54 Å². The van der Waals surface area contributed by atoms with Gasteiger partial charge < -0.3 is 15.2 Å². The highest BCUT2D eigenvalue weighted by Gasteiger charge is 2.05. The maximum absolute atomic E-state index is 5.86. The van der Waals surface area contributed by atoms with Gasteiger partial charge in [-0.1, -0.05) is 18.2 Å². The molecule has 19 heavy (non-hydrogen) atoms. The summed E-state index contributed by atoms with van der Waals surface area (Å²) in [6.45, 7) is 2.73. The van der Waals surface area contributed by atoms with Crippen LogP contribution in [0, 0.1) is 6.92 Å². The fourth-order valence-corrected chi connectivity index (χ4v) is 2.00. The van der Waals surface area contributed by atoms with Gasteiger partial charge >= 0.3 is 0 Å². The first-order chi connectivity index (χ1) is 9.24. The van der Waals surface area contributed by atoms with Crippen LogP contribution in [-0.2, 0) is 6.42 Å². The molecule has 2 aromatic rings. The van der Waals surface area contributed by atoms with Crippen molar-refractivity contribution in [1.82, 2.24) is 0 Å². The number of benzene rings is 2. The first-order valence-corrected chi connectivity index (χ1v) is 6.35. The number of para-hydroxylation sites is 2. The molecule has 0 aliphatic heterocycles. The molecule has 0 aliphatic rings. The molecular formula is C16H19NO2. The Morgan fingerprint density at radius 3 is 2.42 bits per heavy atom. The number of nitrogens with two attached hydrogens (primary N) is 1. The fraction of sp³-hybridized carbons (Fsp3) is 0.250. The minimum atomic E-state index is 0.660. The number of hydrogen-bond acceptors (Lipinski definition) is 3. The Bertz CT molecular complexity index is 552. The lowest BCUT2D eigenvalue weighted by Gasteiger charge is -2.12. The third-order valence-corrected chi connectivity index (χ3v) is 3.02. The van der Waals surface area contributed by atoms with Crippen LogP contribution in [0.1, 0.15) is 11.1 Å². The third kappa shape index (κ3) is 3.26. The predicted molar refractivity (Wildman–Crippen MR) is 77.0 cm³/mol. The monoisotopic (exact) mass is 257 g/mol. The molecular weight excluding hydrogens is 238 g/mol. The van der Waals surface area contributed by atoms with E-state index in [9.17, 15) is 0 Å². The first-order valence-electron chi connectivity index (χ1n) is 6.35. The smallest absolute Gasteiger partial charge is 0.169 e. The molecule has 0 spiro atoms. The van der Waals surface area contributed by atoms with Crippen molar-refractivity contribution in [3.8, 4) is 17.2 Å². The van der Waals surface area contributed by atoms with Gasteiger partial charge in [0, 0.05) is 0 Å². The van der Waals surface area contributed by atoms with Crippen LogP contribution in [0.25, 0.3) is 0 Å². The van der Waals surface area contributed by atoms with Crippen LogP contribution in [0.5, 0.6) is 17.2 Å². The molecule has 3 nitrogen and oxygen atoms in total. The molecule has 0 fully saturated rings. The molecule has 0 atom stereocenters. The lowest BCUT2D eigenvalue weighted by molar-refractivity contribution is 0.379. The Balaban J connectivity index is 2.21. The van der Waals surface area contributed by atoms with Crippen molar-refractivity contribution in [2.24, 2.45) is 5.73 Å². The summed E-state index contributed by atoms with van der Waals surface area (Å²) in [6.07, 6.45) is 0.890. The van der Waals surface area contributed by atoms with Crippen molar-refractivity contribution < 1.29 is 9.47 Å². The fourth-order valence-electron chi connectivity index (χ4n) is 2.00. The molecule has 0 saturated carbocycles. The molecule has 2 rings (SSSR count). The van der Waals surface area contributed by atoms with Gasteiger partial charge in [-0.3, -0.25) is 0 Å². The second kappa shape index (κ2) is 6.25. The van der Waals surface area contributed by atoms with E-state index in [2.05, 4.69) is 13.0 Å². The van der Waals surface area contributed by atoms with Gasteiger partial charge in [-0.15, -0.1) is 0 Å². The Kier molecular flexibility index (Phi) is 4.42. The molecule has 0 unspecified atom stereocenters. The normalized spacial score (nSPS) is 10.3.